The highest BCUT2D eigenvalue weighted by Gasteiger charge is 2.49. The third-order valence-corrected chi connectivity index (χ3v) is 23.2. The van der Waals surface area contributed by atoms with Gasteiger partial charge >= 0.3 is 5.51 Å². The van der Waals surface area contributed by atoms with E-state index in [1.54, 1.807) is 18.2 Å². The number of hydrogen-bond acceptors (Lipinski definition) is 14. The third kappa shape index (κ3) is 14.0. The number of hydrogen-bond donors (Lipinski definition) is 3. The van der Waals surface area contributed by atoms with Crippen LogP contribution in [0, 0.1) is 5.41 Å². The number of nitrogens with one attached hydrogen (secondary N) is 3. The van der Waals surface area contributed by atoms with E-state index in [2.05, 4.69) is 72.1 Å². The largest absolute Gasteiger partial charge is 0.501 e. The molecule has 5 aromatic carbocycles. The van der Waals surface area contributed by atoms with Crippen LogP contribution in [0.4, 0.5) is 24.5 Å². The summed E-state index contributed by atoms with van der Waals surface area (Å²) in [6.45, 7) is 11.3. The number of amides is 4. The Hall–Kier alpha value is -5.79. The third-order valence-electron chi connectivity index (χ3n) is 17.9. The van der Waals surface area contributed by atoms with E-state index in [-0.39, 0.29) is 54.3 Å². The van der Waals surface area contributed by atoms with E-state index in [0.29, 0.717) is 61.5 Å². The lowest BCUT2D eigenvalue weighted by Gasteiger charge is -2.52. The second-order valence-electron chi connectivity index (χ2n) is 24.3. The molecule has 3 N–H and O–H groups in total. The van der Waals surface area contributed by atoms with Gasteiger partial charge in [-0.05, 0) is 145 Å². The van der Waals surface area contributed by atoms with Crippen LogP contribution in [0.25, 0.3) is 5.57 Å². The van der Waals surface area contributed by atoms with Crippen LogP contribution in [-0.4, -0.2) is 148 Å². The number of piperidine rings is 3. The van der Waals surface area contributed by atoms with Crippen LogP contribution in [0.5, 0.6) is 0 Å². The normalized spacial score (nSPS) is 21.7. The van der Waals surface area contributed by atoms with Gasteiger partial charge in [-0.15, -0.1) is 11.8 Å². The molecule has 6 heterocycles. The number of carbonyl (C=O) groups is 4. The Balaban J connectivity index is 0.738. The first kappa shape index (κ1) is 62.8. The number of halogens is 5. The Labute approximate surface area is 523 Å². The SMILES string of the molecule is CC1(C)CCC(c2ccc(Cl)cc2)=C(CN2CCN(c3ccc(C(=O)NS(=O)(=O)c4ccc(N[C@H](CCN5CC6CCC5CN6Cc5ccc6c(c5Br)CN(C5CCC(=O)NC5=O)C6=O)CSc5ccccc5)c(S(=O)(=O)C(F)(F)F)c4)cc3)CC2)C1. The molecule has 5 aromatic rings. The molecule has 2 bridgehead atoms. The number of rotatable bonds is 19. The van der Waals surface area contributed by atoms with E-state index < -0.39 is 64.7 Å². The fraction of sp³-hybridized carbons (Fsp3) is 0.429. The van der Waals surface area contributed by atoms with E-state index in [9.17, 15) is 49.2 Å². The molecule has 1 aliphatic carbocycles. The van der Waals surface area contributed by atoms with Crippen LogP contribution in [0.3, 0.4) is 0 Å². The first-order chi connectivity index (χ1) is 41.4. The average molecular weight is 1330 g/mol. The molecule has 12 rings (SSSR count). The van der Waals surface area contributed by atoms with Gasteiger partial charge in [-0.1, -0.05) is 83.3 Å². The Morgan fingerprint density at radius 3 is 2.22 bits per heavy atom. The Bertz CT molecular complexity index is 3720. The van der Waals surface area contributed by atoms with Crippen molar-refractivity contribution in [2.75, 3.05) is 68.3 Å². The van der Waals surface area contributed by atoms with Gasteiger partial charge in [0.15, 0.2) is 0 Å². The minimum Gasteiger partial charge on any atom is -0.380 e. The minimum absolute atomic E-state index is 0.0233. The van der Waals surface area contributed by atoms with E-state index in [1.165, 1.54) is 45.5 Å². The van der Waals surface area contributed by atoms with E-state index >= 15 is 0 Å². The second kappa shape index (κ2) is 25.6. The van der Waals surface area contributed by atoms with Crippen LogP contribution in [0.1, 0.15) is 103 Å². The number of carbonyl (C=O) groups excluding carboxylic acids is 4. The maximum absolute atomic E-state index is 14.6. The first-order valence-corrected chi connectivity index (χ1v) is 34.5. The van der Waals surface area contributed by atoms with Crippen molar-refractivity contribution in [2.24, 2.45) is 5.41 Å². The summed E-state index contributed by atoms with van der Waals surface area (Å²) in [6, 6.07) is 29.0. The van der Waals surface area contributed by atoms with Crippen LogP contribution < -0.4 is 20.3 Å². The first-order valence-electron chi connectivity index (χ1n) is 29.3. The Kier molecular flexibility index (Phi) is 18.5. The van der Waals surface area contributed by atoms with Crippen LogP contribution in [0.2, 0.25) is 5.02 Å². The lowest BCUT2D eigenvalue weighted by Crippen LogP contribution is -2.62. The number of benzene rings is 5. The molecule has 87 heavy (non-hydrogen) atoms. The lowest BCUT2D eigenvalue weighted by atomic mass is 9.73. The predicted molar refractivity (Wildman–Crippen MR) is 334 cm³/mol. The van der Waals surface area contributed by atoms with Gasteiger partial charge < -0.3 is 15.1 Å². The molecule has 7 aliphatic rings. The van der Waals surface area contributed by atoms with Gasteiger partial charge in [0.25, 0.3) is 31.7 Å². The molecular weight excluding hydrogens is 1270 g/mol. The molecule has 5 saturated heterocycles. The number of nitrogens with zero attached hydrogens (tertiary/aromatic N) is 5. The van der Waals surface area contributed by atoms with Gasteiger partial charge in [0.05, 0.1) is 10.6 Å². The molecule has 3 unspecified atom stereocenters. The highest BCUT2D eigenvalue weighted by atomic mass is 79.9. The number of imide groups is 1. The molecule has 0 saturated carbocycles. The minimum atomic E-state index is -6.15. The summed E-state index contributed by atoms with van der Waals surface area (Å²) in [5.41, 5.74) is 1.09. The van der Waals surface area contributed by atoms with Crippen molar-refractivity contribution < 1.29 is 49.2 Å². The molecule has 462 valence electrons. The van der Waals surface area contributed by atoms with Crippen molar-refractivity contribution in [3.05, 3.63) is 152 Å². The van der Waals surface area contributed by atoms with Crippen molar-refractivity contribution >= 4 is 99.7 Å². The molecule has 0 aromatic heterocycles. The van der Waals surface area contributed by atoms with Crippen molar-refractivity contribution in [1.82, 2.24) is 29.6 Å². The van der Waals surface area contributed by atoms with Gasteiger partial charge in [-0.3, -0.25) is 39.2 Å². The molecule has 16 nitrogen and oxygen atoms in total. The number of sulfone groups is 1. The van der Waals surface area contributed by atoms with Crippen molar-refractivity contribution in [3.8, 4) is 0 Å². The van der Waals surface area contributed by atoms with Crippen LogP contribution in [-0.2, 0) is 42.5 Å². The summed E-state index contributed by atoms with van der Waals surface area (Å²) in [7, 11) is -11.1. The van der Waals surface area contributed by atoms with Gasteiger partial charge in [0.1, 0.15) is 10.9 Å². The smallest absolute Gasteiger partial charge is 0.380 e. The maximum Gasteiger partial charge on any atom is 0.501 e. The Morgan fingerprint density at radius 2 is 1.54 bits per heavy atom. The zero-order chi connectivity index (χ0) is 61.6. The van der Waals surface area contributed by atoms with Gasteiger partial charge in [0, 0.05) is 127 Å². The zero-order valence-electron chi connectivity index (χ0n) is 48.3. The van der Waals surface area contributed by atoms with Crippen molar-refractivity contribution in [1.29, 1.82) is 0 Å². The van der Waals surface area contributed by atoms with Crippen molar-refractivity contribution in [3.63, 3.8) is 0 Å². The molecule has 0 spiro atoms. The molecule has 0 radical (unpaired) electrons. The summed E-state index contributed by atoms with van der Waals surface area (Å²) < 4.78 is 101. The summed E-state index contributed by atoms with van der Waals surface area (Å²) in [4.78, 5) is 61.3. The number of fused-ring (bicyclic) bond motifs is 4. The van der Waals surface area contributed by atoms with Gasteiger partial charge in [-0.25, -0.2) is 21.6 Å². The fourth-order valence-electron chi connectivity index (χ4n) is 13.1. The summed E-state index contributed by atoms with van der Waals surface area (Å²) in [5, 5.41) is 6.14. The summed E-state index contributed by atoms with van der Waals surface area (Å²) >= 11 is 11.4. The number of sulfonamides is 1. The average Bonchev–Trinajstić information content (AvgIpc) is 1.89. The monoisotopic (exact) mass is 1330 g/mol. The van der Waals surface area contributed by atoms with Crippen LogP contribution >= 0.6 is 39.3 Å². The lowest BCUT2D eigenvalue weighted by molar-refractivity contribution is -0.136. The molecule has 4 atom stereocenters. The van der Waals surface area contributed by atoms with Crippen LogP contribution in [0.15, 0.2) is 134 Å². The quantitative estimate of drug-likeness (QED) is 0.0523. The van der Waals surface area contributed by atoms with E-state index in [1.807, 2.05) is 53.3 Å². The van der Waals surface area contributed by atoms with Gasteiger partial charge in [0.2, 0.25) is 11.8 Å². The highest BCUT2D eigenvalue weighted by Crippen LogP contribution is 2.44. The zero-order valence-corrected chi connectivity index (χ0v) is 53.0. The number of piperazine rings is 2. The van der Waals surface area contributed by atoms with Gasteiger partial charge in [-0.2, -0.15) is 13.2 Å². The highest BCUT2D eigenvalue weighted by molar-refractivity contribution is 9.10. The van der Waals surface area contributed by atoms with Crippen molar-refractivity contribution in [2.45, 2.75) is 123 Å². The summed E-state index contributed by atoms with van der Waals surface area (Å²) in [6.07, 6.45) is 5.76. The molecule has 6 aliphatic heterocycles. The molecule has 24 heteroatoms. The number of alkyl halides is 3. The van der Waals surface area contributed by atoms with E-state index in [0.717, 1.165) is 96.6 Å². The number of allylic oxidation sites excluding steroid dienone is 1. The number of thioether (sulfide) groups is 1. The molecule has 5 fully saturated rings. The predicted octanol–water partition coefficient (Wildman–Crippen LogP) is 10.4. The number of anilines is 2. The summed E-state index contributed by atoms with van der Waals surface area (Å²) in [5.74, 6) is -1.82. The molecule has 4 amide bonds. The fourth-order valence-corrected chi connectivity index (χ4v) is 16.9. The van der Waals surface area contributed by atoms with E-state index in [4.69, 9.17) is 11.6 Å². The standard InChI is InChI=1S/C63H69BrClF3N8O8S3/c1-62(2)26-24-51(40-8-13-44(65)14-9-40)43(33-62)34-72-28-30-73(31-29-72)46-15-10-41(11-16-46)59(78)71-87(83,84)50-19-21-54(56(32-50)86(81,82)63(66,67)68)69-45(39-85-49-6-4-3-5-7-49)25-27-74-36-48-18-17-47(74)37-75(48)35-42-12-20-52-53(58(42)64)38-76(61(52)80)55-22-23-57(77)70-60(55)79/h3-16,19-21,32,45,47-48,55,69H,17-18,22-31,33-39H2,1-2H3,(H,71,78)(H,70,77,79)/t45-,47?,48?,55?/m1/s1. The maximum atomic E-state index is 14.6. The topological polar surface area (TPSA) is 189 Å². The molecular formula is C63H69BrClF3N8O8S3. The Morgan fingerprint density at radius 1 is 0.839 bits per heavy atom. The second-order valence-corrected chi connectivity index (χ2v) is 30.2.